The molecule has 0 saturated carbocycles. The molecule has 1 aromatic carbocycles. The van der Waals surface area contributed by atoms with E-state index >= 15 is 0 Å². The predicted molar refractivity (Wildman–Crippen MR) is 84.1 cm³/mol. The number of benzene rings is 1. The van der Waals surface area contributed by atoms with E-state index in [0.29, 0.717) is 11.3 Å². The standard InChI is InChI=1S/C17H20N2O4/c1-3-23-16(21)14-12(10-7-5-4-6-8-10)13-11(9-17(14,2)22)18-19-15(13)20/h4-8,12,14,22H,3,9H2,1-2H3,(H2,18,19,20)/t12-,14+,17-/m1/s1. The highest BCUT2D eigenvalue weighted by atomic mass is 16.5. The van der Waals surface area contributed by atoms with Crippen LogP contribution in [0.4, 0.5) is 0 Å². The summed E-state index contributed by atoms with van der Waals surface area (Å²) in [5, 5.41) is 16.3. The third-order valence-electron chi connectivity index (χ3n) is 4.44. The molecule has 0 aliphatic heterocycles. The number of hydrogen-bond acceptors (Lipinski definition) is 4. The largest absolute Gasteiger partial charge is 0.466 e. The van der Waals surface area contributed by atoms with Gasteiger partial charge < -0.3 is 14.9 Å². The van der Waals surface area contributed by atoms with E-state index in [0.717, 1.165) is 5.56 Å². The van der Waals surface area contributed by atoms with Gasteiger partial charge in [0.15, 0.2) is 0 Å². The lowest BCUT2D eigenvalue weighted by molar-refractivity contribution is -0.159. The number of carbonyl (C=O) groups is 1. The molecule has 3 atom stereocenters. The number of nitrogens with one attached hydrogen (secondary N) is 2. The molecule has 0 amide bonds. The molecule has 2 aromatic rings. The van der Waals surface area contributed by atoms with Gasteiger partial charge in [-0.1, -0.05) is 30.3 Å². The van der Waals surface area contributed by atoms with E-state index in [2.05, 4.69) is 10.2 Å². The van der Waals surface area contributed by atoms with Crippen LogP contribution in [-0.4, -0.2) is 33.5 Å². The van der Waals surface area contributed by atoms with Gasteiger partial charge in [-0.05, 0) is 19.4 Å². The number of aromatic nitrogens is 2. The van der Waals surface area contributed by atoms with Gasteiger partial charge in [0.25, 0.3) is 5.56 Å². The average molecular weight is 316 g/mol. The van der Waals surface area contributed by atoms with Gasteiger partial charge in [0, 0.05) is 23.6 Å². The molecule has 0 radical (unpaired) electrons. The summed E-state index contributed by atoms with van der Waals surface area (Å²) >= 11 is 0. The Morgan fingerprint density at radius 2 is 2.04 bits per heavy atom. The smallest absolute Gasteiger partial charge is 0.312 e. The third kappa shape index (κ3) is 2.59. The highest BCUT2D eigenvalue weighted by molar-refractivity contribution is 5.77. The third-order valence-corrected chi connectivity index (χ3v) is 4.44. The van der Waals surface area contributed by atoms with Crippen molar-refractivity contribution in [1.82, 2.24) is 10.2 Å². The Kier molecular flexibility index (Phi) is 3.85. The van der Waals surface area contributed by atoms with E-state index in [1.54, 1.807) is 13.8 Å². The second-order valence-electron chi connectivity index (χ2n) is 6.12. The lowest BCUT2D eigenvalue weighted by Crippen LogP contribution is -2.50. The number of aromatic amines is 2. The van der Waals surface area contributed by atoms with E-state index in [1.807, 2.05) is 30.3 Å². The first-order chi connectivity index (χ1) is 11.0. The quantitative estimate of drug-likeness (QED) is 0.744. The van der Waals surface area contributed by atoms with Gasteiger partial charge in [-0.2, -0.15) is 0 Å². The van der Waals surface area contributed by atoms with E-state index in [-0.39, 0.29) is 18.6 Å². The lowest BCUT2D eigenvalue weighted by atomic mass is 9.66. The first-order valence-electron chi connectivity index (χ1n) is 7.69. The minimum Gasteiger partial charge on any atom is -0.466 e. The van der Waals surface area contributed by atoms with Crippen LogP contribution in [0.5, 0.6) is 0 Å². The molecule has 1 aliphatic carbocycles. The molecule has 6 heteroatoms. The summed E-state index contributed by atoms with van der Waals surface area (Å²) in [5.41, 5.74) is 0.357. The molecule has 3 N–H and O–H groups in total. The Labute approximate surface area is 133 Å². The van der Waals surface area contributed by atoms with Crippen molar-refractivity contribution in [2.75, 3.05) is 6.61 Å². The fraction of sp³-hybridized carbons (Fsp3) is 0.412. The van der Waals surface area contributed by atoms with Gasteiger partial charge in [-0.25, -0.2) is 0 Å². The van der Waals surface area contributed by atoms with Crippen LogP contribution >= 0.6 is 0 Å². The second-order valence-corrected chi connectivity index (χ2v) is 6.12. The molecule has 0 saturated heterocycles. The minimum absolute atomic E-state index is 0.188. The average Bonchev–Trinajstić information content (AvgIpc) is 2.86. The molecule has 0 spiro atoms. The molecule has 1 heterocycles. The summed E-state index contributed by atoms with van der Waals surface area (Å²) in [6.45, 7) is 3.56. The topological polar surface area (TPSA) is 95.2 Å². The van der Waals surface area contributed by atoms with E-state index in [9.17, 15) is 14.7 Å². The van der Waals surface area contributed by atoms with Gasteiger partial charge >= 0.3 is 5.97 Å². The summed E-state index contributed by atoms with van der Waals surface area (Å²) < 4.78 is 5.18. The van der Waals surface area contributed by atoms with E-state index < -0.39 is 23.4 Å². The summed E-state index contributed by atoms with van der Waals surface area (Å²) in [4.78, 5) is 24.8. The van der Waals surface area contributed by atoms with Crippen molar-refractivity contribution in [3.8, 4) is 0 Å². The van der Waals surface area contributed by atoms with Crippen LogP contribution in [-0.2, 0) is 16.0 Å². The van der Waals surface area contributed by atoms with Crippen molar-refractivity contribution in [1.29, 1.82) is 0 Å². The zero-order chi connectivity index (χ0) is 16.6. The Balaban J connectivity index is 2.20. The fourth-order valence-corrected chi connectivity index (χ4v) is 3.51. The first-order valence-corrected chi connectivity index (χ1v) is 7.69. The highest BCUT2D eigenvalue weighted by Gasteiger charge is 2.51. The summed E-state index contributed by atoms with van der Waals surface area (Å²) in [6, 6.07) is 9.28. The van der Waals surface area contributed by atoms with E-state index in [1.165, 1.54) is 0 Å². The molecule has 1 aliphatic rings. The molecule has 3 rings (SSSR count). The van der Waals surface area contributed by atoms with Crippen LogP contribution in [0.2, 0.25) is 0 Å². The van der Waals surface area contributed by atoms with Crippen molar-refractivity contribution in [3.63, 3.8) is 0 Å². The monoisotopic (exact) mass is 316 g/mol. The van der Waals surface area contributed by atoms with Crippen LogP contribution < -0.4 is 5.56 Å². The van der Waals surface area contributed by atoms with Crippen molar-refractivity contribution in [3.05, 3.63) is 57.5 Å². The lowest BCUT2D eigenvalue weighted by Gasteiger charge is -2.40. The number of fused-ring (bicyclic) bond motifs is 1. The summed E-state index contributed by atoms with van der Waals surface area (Å²) in [5.74, 6) is -1.88. The van der Waals surface area contributed by atoms with Crippen LogP contribution in [0.3, 0.4) is 0 Å². The van der Waals surface area contributed by atoms with Crippen LogP contribution in [0.1, 0.15) is 36.6 Å². The number of carbonyl (C=O) groups excluding carboxylic acids is 1. The Morgan fingerprint density at radius 3 is 2.70 bits per heavy atom. The number of H-pyrrole nitrogens is 2. The number of esters is 1. The molecule has 23 heavy (non-hydrogen) atoms. The molecule has 6 nitrogen and oxygen atoms in total. The molecular formula is C17H20N2O4. The highest BCUT2D eigenvalue weighted by Crippen LogP contribution is 2.44. The number of aliphatic hydroxyl groups is 1. The number of rotatable bonds is 3. The fourth-order valence-electron chi connectivity index (χ4n) is 3.51. The Morgan fingerprint density at radius 1 is 1.35 bits per heavy atom. The van der Waals surface area contributed by atoms with Crippen molar-refractivity contribution >= 4 is 5.97 Å². The van der Waals surface area contributed by atoms with Crippen molar-refractivity contribution in [2.24, 2.45) is 5.92 Å². The van der Waals surface area contributed by atoms with Gasteiger partial charge in [0.2, 0.25) is 0 Å². The second kappa shape index (κ2) is 5.70. The summed E-state index contributed by atoms with van der Waals surface area (Å²) in [7, 11) is 0. The Bertz CT molecular complexity index is 760. The molecule has 1 aromatic heterocycles. The molecule has 0 unspecified atom stereocenters. The molecular weight excluding hydrogens is 296 g/mol. The number of hydrogen-bond donors (Lipinski definition) is 3. The van der Waals surface area contributed by atoms with Crippen molar-refractivity contribution in [2.45, 2.75) is 31.8 Å². The van der Waals surface area contributed by atoms with Gasteiger partial charge in [-0.15, -0.1) is 0 Å². The Hall–Kier alpha value is -2.34. The summed E-state index contributed by atoms with van der Waals surface area (Å²) in [6.07, 6.45) is 0.188. The zero-order valence-electron chi connectivity index (χ0n) is 13.1. The molecule has 0 fully saturated rings. The van der Waals surface area contributed by atoms with Crippen LogP contribution in [0, 0.1) is 5.92 Å². The number of ether oxygens (including phenoxy) is 1. The van der Waals surface area contributed by atoms with Crippen LogP contribution in [0.25, 0.3) is 0 Å². The maximum atomic E-state index is 12.5. The molecule has 0 bridgehead atoms. The SMILES string of the molecule is CCOC(=O)[C@@H]1[C@H](c2ccccc2)c2c([nH][nH]c2=O)C[C@@]1(C)O. The maximum Gasteiger partial charge on any atom is 0.312 e. The molecule has 122 valence electrons. The van der Waals surface area contributed by atoms with Gasteiger partial charge in [0.05, 0.1) is 18.1 Å². The maximum absolute atomic E-state index is 12.5. The van der Waals surface area contributed by atoms with Gasteiger partial charge in [-0.3, -0.25) is 14.7 Å². The first kappa shape index (κ1) is 15.6. The van der Waals surface area contributed by atoms with Gasteiger partial charge in [0.1, 0.15) is 0 Å². The minimum atomic E-state index is -1.31. The normalized spacial score (nSPS) is 26.6. The van der Waals surface area contributed by atoms with Crippen molar-refractivity contribution < 1.29 is 14.6 Å². The van der Waals surface area contributed by atoms with Crippen LogP contribution in [0.15, 0.2) is 35.1 Å². The predicted octanol–water partition coefficient (Wildman–Crippen LogP) is 1.32. The zero-order valence-corrected chi connectivity index (χ0v) is 13.1. The van der Waals surface area contributed by atoms with E-state index in [4.69, 9.17) is 4.74 Å².